The maximum atomic E-state index is 6.80. The van der Waals surface area contributed by atoms with Gasteiger partial charge in [-0.25, -0.2) is 4.99 Å². The molecule has 0 fully saturated rings. The lowest BCUT2D eigenvalue weighted by Crippen LogP contribution is -2.45. The lowest BCUT2D eigenvalue weighted by atomic mass is 9.74. The van der Waals surface area contributed by atoms with Crippen molar-refractivity contribution in [2.45, 2.75) is 90.4 Å². The van der Waals surface area contributed by atoms with Crippen molar-refractivity contribution in [1.29, 1.82) is 0 Å². The van der Waals surface area contributed by atoms with Crippen LogP contribution in [0.2, 0.25) is 18.1 Å². The van der Waals surface area contributed by atoms with E-state index >= 15 is 0 Å². The highest BCUT2D eigenvalue weighted by Gasteiger charge is 2.41. The van der Waals surface area contributed by atoms with E-state index in [1.165, 1.54) is 5.56 Å². The van der Waals surface area contributed by atoms with Gasteiger partial charge in [0.15, 0.2) is 8.32 Å². The molecular formula is C28H41BrN2O2Si. The quantitative estimate of drug-likeness (QED) is 0.315. The average Bonchev–Trinajstić information content (AvgIpc) is 3.14. The Morgan fingerprint density at radius 3 is 2.29 bits per heavy atom. The van der Waals surface area contributed by atoms with E-state index < -0.39 is 8.32 Å². The average molecular weight is 546 g/mol. The molecule has 0 amide bonds. The van der Waals surface area contributed by atoms with Gasteiger partial charge in [-0.3, -0.25) is 4.98 Å². The molecule has 0 atom stereocenters. The van der Waals surface area contributed by atoms with E-state index in [9.17, 15) is 0 Å². The number of ether oxygens (including phenoxy) is 1. The Morgan fingerprint density at radius 1 is 1.12 bits per heavy atom. The Balaban J connectivity index is 2.01. The minimum Gasteiger partial charge on any atom is -0.475 e. The van der Waals surface area contributed by atoms with E-state index in [-0.39, 0.29) is 16.0 Å². The largest absolute Gasteiger partial charge is 0.475 e. The number of benzene rings is 1. The van der Waals surface area contributed by atoms with Crippen molar-refractivity contribution < 1.29 is 9.16 Å². The lowest BCUT2D eigenvalue weighted by molar-refractivity contribution is 0.187. The van der Waals surface area contributed by atoms with Gasteiger partial charge in [0.1, 0.15) is 6.61 Å². The Kier molecular flexibility index (Phi) is 7.86. The second kappa shape index (κ2) is 9.86. The summed E-state index contributed by atoms with van der Waals surface area (Å²) in [6, 6.07) is 10.7. The monoisotopic (exact) mass is 544 g/mol. The molecule has 0 bridgehead atoms. The lowest BCUT2D eigenvalue weighted by Gasteiger charge is -2.41. The maximum Gasteiger partial charge on any atom is 0.218 e. The minimum absolute atomic E-state index is 0.0748. The Bertz CT molecular complexity index is 1050. The van der Waals surface area contributed by atoms with Crippen molar-refractivity contribution in [3.63, 3.8) is 0 Å². The van der Waals surface area contributed by atoms with Gasteiger partial charge in [-0.1, -0.05) is 58.9 Å². The molecule has 0 aliphatic carbocycles. The maximum absolute atomic E-state index is 6.80. The molecule has 0 N–H and O–H groups in total. The van der Waals surface area contributed by atoms with E-state index in [1.54, 1.807) is 0 Å². The fraction of sp³-hybridized carbons (Fsp3) is 0.571. The smallest absolute Gasteiger partial charge is 0.218 e. The van der Waals surface area contributed by atoms with Crippen molar-refractivity contribution in [3.8, 4) is 11.3 Å². The zero-order valence-corrected chi connectivity index (χ0v) is 25.0. The molecule has 0 saturated heterocycles. The third kappa shape index (κ3) is 5.49. The van der Waals surface area contributed by atoms with Crippen LogP contribution in [0.4, 0.5) is 0 Å². The van der Waals surface area contributed by atoms with E-state index in [0.29, 0.717) is 12.5 Å². The zero-order chi connectivity index (χ0) is 25.4. The number of pyridine rings is 1. The van der Waals surface area contributed by atoms with Crippen LogP contribution in [0, 0.1) is 0 Å². The third-order valence-electron chi connectivity index (χ3n) is 7.68. The number of hydrogen-bond acceptors (Lipinski definition) is 4. The highest BCUT2D eigenvalue weighted by Crippen LogP contribution is 2.43. The minimum atomic E-state index is -1.87. The van der Waals surface area contributed by atoms with Gasteiger partial charge in [-0.05, 0) is 72.4 Å². The van der Waals surface area contributed by atoms with Crippen LogP contribution in [-0.4, -0.2) is 38.0 Å². The molecule has 3 rings (SSSR count). The fourth-order valence-electron chi connectivity index (χ4n) is 4.09. The van der Waals surface area contributed by atoms with Crippen LogP contribution in [0.1, 0.15) is 72.4 Å². The van der Waals surface area contributed by atoms with Crippen LogP contribution in [0.25, 0.3) is 11.3 Å². The molecule has 1 aliphatic heterocycles. The standard InChI is InChI=1S/C28H41BrN2O2Si/c1-10-28(11-2,19-33-34(8,9)26(3,4)5)22-15-13-12-14-21(22)24-23(29)16-20(17-30-24)25-31-27(6,7)18-32-25/h12-17H,10-11,18-19H2,1-9H3. The number of halogens is 1. The molecule has 2 aromatic rings. The first-order chi connectivity index (χ1) is 15.8. The van der Waals surface area contributed by atoms with Crippen LogP contribution < -0.4 is 0 Å². The second-order valence-electron chi connectivity index (χ2n) is 11.7. The molecule has 0 unspecified atom stereocenters. The molecule has 1 aliphatic rings. The summed E-state index contributed by atoms with van der Waals surface area (Å²) < 4.78 is 13.6. The zero-order valence-electron chi connectivity index (χ0n) is 22.4. The summed E-state index contributed by atoms with van der Waals surface area (Å²) in [5.41, 5.74) is 4.02. The molecule has 186 valence electrons. The van der Waals surface area contributed by atoms with Gasteiger partial charge in [-0.2, -0.15) is 0 Å². The Morgan fingerprint density at radius 2 is 1.76 bits per heavy atom. The van der Waals surface area contributed by atoms with E-state index in [1.807, 2.05) is 6.20 Å². The highest BCUT2D eigenvalue weighted by molar-refractivity contribution is 9.10. The van der Waals surface area contributed by atoms with Gasteiger partial charge in [-0.15, -0.1) is 0 Å². The number of aliphatic imine (C=N–C) groups is 1. The summed E-state index contributed by atoms with van der Waals surface area (Å²) in [5.74, 6) is 0.664. The van der Waals surface area contributed by atoms with Crippen molar-refractivity contribution in [3.05, 3.63) is 52.1 Å². The first kappa shape index (κ1) is 27.1. The molecule has 1 aromatic heterocycles. The van der Waals surface area contributed by atoms with Crippen LogP contribution in [0.3, 0.4) is 0 Å². The van der Waals surface area contributed by atoms with E-state index in [2.05, 4.69) is 108 Å². The van der Waals surface area contributed by atoms with Crippen LogP contribution in [0.5, 0.6) is 0 Å². The van der Waals surface area contributed by atoms with Gasteiger partial charge in [0.05, 0.1) is 16.8 Å². The number of rotatable bonds is 8. The van der Waals surface area contributed by atoms with Crippen LogP contribution in [0.15, 0.2) is 46.0 Å². The van der Waals surface area contributed by atoms with E-state index in [4.69, 9.17) is 19.1 Å². The summed E-state index contributed by atoms with van der Waals surface area (Å²) in [6.45, 7) is 21.6. The van der Waals surface area contributed by atoms with Gasteiger partial charge in [0.2, 0.25) is 5.90 Å². The summed E-state index contributed by atoms with van der Waals surface area (Å²) in [4.78, 5) is 9.60. The SMILES string of the molecule is CCC(CC)(CO[Si](C)(C)C(C)(C)C)c1ccccc1-c1ncc(C2=NC(C)(C)CO2)cc1Br. The number of hydrogen-bond donors (Lipinski definition) is 0. The predicted molar refractivity (Wildman–Crippen MR) is 149 cm³/mol. The number of aromatic nitrogens is 1. The first-order valence-electron chi connectivity index (χ1n) is 12.4. The molecule has 34 heavy (non-hydrogen) atoms. The molecule has 4 nitrogen and oxygen atoms in total. The third-order valence-corrected chi connectivity index (χ3v) is 12.8. The van der Waals surface area contributed by atoms with Crippen molar-refractivity contribution in [2.24, 2.45) is 4.99 Å². The predicted octanol–water partition coefficient (Wildman–Crippen LogP) is 8.15. The Hall–Kier alpha value is -1.50. The van der Waals surface area contributed by atoms with Gasteiger partial charge in [0.25, 0.3) is 0 Å². The van der Waals surface area contributed by atoms with Crippen molar-refractivity contribution >= 4 is 30.1 Å². The summed E-state index contributed by atoms with van der Waals surface area (Å²) in [5, 5.41) is 0.180. The molecule has 0 spiro atoms. The van der Waals surface area contributed by atoms with Crippen LogP contribution in [-0.2, 0) is 14.6 Å². The molecule has 6 heteroatoms. The fourth-order valence-corrected chi connectivity index (χ4v) is 5.72. The second-order valence-corrected chi connectivity index (χ2v) is 17.3. The molecular weight excluding hydrogens is 504 g/mol. The van der Waals surface area contributed by atoms with Gasteiger partial charge < -0.3 is 9.16 Å². The van der Waals surface area contributed by atoms with Crippen LogP contribution >= 0.6 is 15.9 Å². The number of nitrogens with zero attached hydrogens (tertiary/aromatic N) is 2. The molecule has 1 aromatic carbocycles. The van der Waals surface area contributed by atoms with E-state index in [0.717, 1.165) is 40.7 Å². The Labute approximate surface area is 215 Å². The normalized spacial score (nSPS) is 16.4. The topological polar surface area (TPSA) is 43.7 Å². The summed E-state index contributed by atoms with van der Waals surface area (Å²) in [7, 11) is -1.87. The molecule has 2 heterocycles. The van der Waals surface area contributed by atoms with Crippen molar-refractivity contribution in [1.82, 2.24) is 4.98 Å². The van der Waals surface area contributed by atoms with Crippen molar-refractivity contribution in [2.75, 3.05) is 13.2 Å². The van der Waals surface area contributed by atoms with Gasteiger partial charge >= 0.3 is 0 Å². The molecule has 0 saturated carbocycles. The summed E-state index contributed by atoms with van der Waals surface area (Å²) >= 11 is 3.80. The molecule has 0 radical (unpaired) electrons. The van der Waals surface area contributed by atoms with Gasteiger partial charge in [0, 0.05) is 28.3 Å². The highest BCUT2D eigenvalue weighted by atomic mass is 79.9. The summed E-state index contributed by atoms with van der Waals surface area (Å²) in [6.07, 6.45) is 3.89. The first-order valence-corrected chi connectivity index (χ1v) is 16.1.